The Labute approximate surface area is 164 Å². The summed E-state index contributed by atoms with van der Waals surface area (Å²) in [7, 11) is 0. The number of furan rings is 1. The van der Waals surface area contributed by atoms with Gasteiger partial charge in [-0.25, -0.2) is 5.43 Å². The van der Waals surface area contributed by atoms with Crippen molar-refractivity contribution in [3.63, 3.8) is 0 Å². The number of nitro benzene ring substituents is 1. The Morgan fingerprint density at radius 2 is 1.96 bits per heavy atom. The number of non-ortho nitro benzene ring substituents is 1. The summed E-state index contributed by atoms with van der Waals surface area (Å²) in [6.45, 7) is 0. The zero-order chi connectivity index (χ0) is 19.5. The Morgan fingerprint density at radius 1 is 1.18 bits per heavy atom. The second kappa shape index (κ2) is 7.77. The Hall–Kier alpha value is -3.26. The van der Waals surface area contributed by atoms with Gasteiger partial charge in [-0.1, -0.05) is 0 Å². The molecule has 1 amide bonds. The average Bonchev–Trinajstić information content (AvgIpc) is 3.35. The van der Waals surface area contributed by atoms with Gasteiger partial charge in [0, 0.05) is 22.6 Å². The molecule has 2 aromatic heterocycles. The van der Waals surface area contributed by atoms with Crippen LogP contribution in [-0.2, 0) is 12.8 Å². The number of hydrazone groups is 1. The molecule has 1 aliphatic carbocycles. The summed E-state index contributed by atoms with van der Waals surface area (Å²) in [4.78, 5) is 24.5. The number of amides is 1. The van der Waals surface area contributed by atoms with E-state index in [-0.39, 0.29) is 11.6 Å². The number of rotatable bonds is 5. The molecule has 0 spiro atoms. The number of hydrogen-bond acceptors (Lipinski definition) is 6. The summed E-state index contributed by atoms with van der Waals surface area (Å²) in [5, 5.41) is 14.7. The molecule has 0 unspecified atom stereocenters. The van der Waals surface area contributed by atoms with Gasteiger partial charge in [0.15, 0.2) is 0 Å². The SMILES string of the molecule is O=C(NN=Cc1ccc(-c2ccc([N+](=O)[O-])cc2)o1)c1cc2c(s1)CCCC2. The number of benzene rings is 1. The summed E-state index contributed by atoms with van der Waals surface area (Å²) >= 11 is 1.54. The number of fused-ring (bicyclic) bond motifs is 1. The highest BCUT2D eigenvalue weighted by Gasteiger charge is 2.17. The van der Waals surface area contributed by atoms with Gasteiger partial charge in [0.25, 0.3) is 11.6 Å². The van der Waals surface area contributed by atoms with Crippen molar-refractivity contribution in [1.82, 2.24) is 5.43 Å². The van der Waals surface area contributed by atoms with E-state index in [1.165, 1.54) is 53.0 Å². The standard InChI is InChI=1S/C20H17N3O4S/c24-20(19-11-14-3-1-2-4-18(14)28-19)22-21-12-16-9-10-17(27-16)13-5-7-15(8-6-13)23(25)26/h5-12H,1-4H2,(H,22,24). The van der Waals surface area contributed by atoms with Gasteiger partial charge in [-0.15, -0.1) is 11.3 Å². The summed E-state index contributed by atoms with van der Waals surface area (Å²) in [5.74, 6) is 0.811. The molecule has 142 valence electrons. The van der Waals surface area contributed by atoms with Crippen LogP contribution in [0.4, 0.5) is 5.69 Å². The number of nitrogens with one attached hydrogen (secondary N) is 1. The molecule has 3 aromatic rings. The summed E-state index contributed by atoms with van der Waals surface area (Å²) in [6, 6.07) is 11.5. The number of carbonyl (C=O) groups is 1. The fraction of sp³-hybridized carbons (Fsp3) is 0.200. The van der Waals surface area contributed by atoms with Crippen molar-refractivity contribution in [2.24, 2.45) is 5.10 Å². The molecule has 0 radical (unpaired) electrons. The van der Waals surface area contributed by atoms with Crippen molar-refractivity contribution < 1.29 is 14.1 Å². The van der Waals surface area contributed by atoms with Crippen molar-refractivity contribution in [2.75, 3.05) is 0 Å². The minimum Gasteiger partial charge on any atom is -0.455 e. The molecule has 0 bridgehead atoms. The third-order valence-electron chi connectivity index (χ3n) is 4.57. The number of aryl methyl sites for hydroxylation is 2. The molecule has 0 saturated heterocycles. The van der Waals surface area contributed by atoms with Crippen LogP contribution in [-0.4, -0.2) is 17.0 Å². The lowest BCUT2D eigenvalue weighted by atomic mass is 9.99. The molecular formula is C20H17N3O4S. The maximum atomic E-state index is 12.3. The van der Waals surface area contributed by atoms with E-state index in [0.717, 1.165) is 18.4 Å². The molecule has 1 aromatic carbocycles. The van der Waals surface area contributed by atoms with Gasteiger partial charge in [-0.05, 0) is 61.6 Å². The van der Waals surface area contributed by atoms with Crippen LogP contribution in [0.2, 0.25) is 0 Å². The first kappa shape index (κ1) is 18.1. The second-order valence-electron chi connectivity index (χ2n) is 6.47. The Balaban J connectivity index is 1.39. The van der Waals surface area contributed by atoms with Crippen molar-refractivity contribution in [1.29, 1.82) is 0 Å². The molecule has 7 nitrogen and oxygen atoms in total. The van der Waals surface area contributed by atoms with Crippen LogP contribution in [0.25, 0.3) is 11.3 Å². The minimum atomic E-state index is -0.448. The first-order chi connectivity index (χ1) is 13.6. The van der Waals surface area contributed by atoms with Crippen molar-refractivity contribution in [3.05, 3.63) is 73.7 Å². The van der Waals surface area contributed by atoms with E-state index >= 15 is 0 Å². The lowest BCUT2D eigenvalue weighted by Crippen LogP contribution is -2.16. The minimum absolute atomic E-state index is 0.0232. The zero-order valence-electron chi connectivity index (χ0n) is 14.9. The third-order valence-corrected chi connectivity index (χ3v) is 5.80. The van der Waals surface area contributed by atoms with Crippen LogP contribution in [0.5, 0.6) is 0 Å². The second-order valence-corrected chi connectivity index (χ2v) is 7.61. The lowest BCUT2D eigenvalue weighted by molar-refractivity contribution is -0.384. The largest absolute Gasteiger partial charge is 0.455 e. The van der Waals surface area contributed by atoms with E-state index in [0.29, 0.717) is 16.4 Å². The van der Waals surface area contributed by atoms with Gasteiger partial charge >= 0.3 is 0 Å². The molecule has 0 aliphatic heterocycles. The molecule has 1 aliphatic rings. The van der Waals surface area contributed by atoms with E-state index in [1.54, 1.807) is 24.3 Å². The number of nitro groups is 1. The number of hydrogen-bond donors (Lipinski definition) is 1. The van der Waals surface area contributed by atoms with Crippen molar-refractivity contribution in [2.45, 2.75) is 25.7 Å². The van der Waals surface area contributed by atoms with Gasteiger partial charge in [0.05, 0.1) is 16.0 Å². The Bertz CT molecular complexity index is 1030. The van der Waals surface area contributed by atoms with E-state index in [9.17, 15) is 14.9 Å². The Kier molecular flexibility index (Phi) is 5.03. The van der Waals surface area contributed by atoms with E-state index in [1.807, 2.05) is 6.07 Å². The molecule has 28 heavy (non-hydrogen) atoms. The van der Waals surface area contributed by atoms with E-state index < -0.39 is 4.92 Å². The van der Waals surface area contributed by atoms with Crippen LogP contribution < -0.4 is 5.43 Å². The molecule has 4 rings (SSSR count). The number of carbonyl (C=O) groups excluding carboxylic acids is 1. The van der Waals surface area contributed by atoms with Crippen LogP contribution >= 0.6 is 11.3 Å². The lowest BCUT2D eigenvalue weighted by Gasteiger charge is -2.08. The Morgan fingerprint density at radius 3 is 2.71 bits per heavy atom. The maximum Gasteiger partial charge on any atom is 0.281 e. The maximum absolute atomic E-state index is 12.3. The molecular weight excluding hydrogens is 378 g/mol. The van der Waals surface area contributed by atoms with Crippen molar-refractivity contribution >= 4 is 29.1 Å². The summed E-state index contributed by atoms with van der Waals surface area (Å²) < 4.78 is 5.66. The van der Waals surface area contributed by atoms with E-state index in [4.69, 9.17) is 4.42 Å². The van der Waals surface area contributed by atoms with E-state index in [2.05, 4.69) is 10.5 Å². The van der Waals surface area contributed by atoms with Crippen LogP contribution in [0.15, 0.2) is 52.0 Å². The molecule has 8 heteroatoms. The van der Waals surface area contributed by atoms with Crippen LogP contribution in [0.1, 0.15) is 38.7 Å². The summed E-state index contributed by atoms with van der Waals surface area (Å²) in [5.41, 5.74) is 4.56. The topological polar surface area (TPSA) is 97.7 Å². The van der Waals surface area contributed by atoms with Crippen LogP contribution in [0, 0.1) is 10.1 Å². The third kappa shape index (κ3) is 3.86. The predicted octanol–water partition coefficient (Wildman–Crippen LogP) is 4.56. The van der Waals surface area contributed by atoms with Gasteiger partial charge in [-0.3, -0.25) is 14.9 Å². The molecule has 2 heterocycles. The fourth-order valence-electron chi connectivity index (χ4n) is 3.14. The van der Waals surface area contributed by atoms with Crippen LogP contribution in [0.3, 0.4) is 0 Å². The normalized spacial score (nSPS) is 13.4. The highest BCUT2D eigenvalue weighted by molar-refractivity contribution is 7.14. The van der Waals surface area contributed by atoms with Gasteiger partial charge in [0.2, 0.25) is 0 Å². The zero-order valence-corrected chi connectivity index (χ0v) is 15.7. The molecule has 0 fully saturated rings. The summed E-state index contributed by atoms with van der Waals surface area (Å²) in [6.07, 6.45) is 5.88. The average molecular weight is 395 g/mol. The first-order valence-corrected chi connectivity index (χ1v) is 9.71. The van der Waals surface area contributed by atoms with Gasteiger partial charge < -0.3 is 4.42 Å². The quantitative estimate of drug-likeness (QED) is 0.389. The highest BCUT2D eigenvalue weighted by Crippen LogP contribution is 2.29. The first-order valence-electron chi connectivity index (χ1n) is 8.90. The fourth-order valence-corrected chi connectivity index (χ4v) is 4.28. The monoisotopic (exact) mass is 395 g/mol. The molecule has 0 saturated carbocycles. The van der Waals surface area contributed by atoms with Gasteiger partial charge in [-0.2, -0.15) is 5.10 Å². The molecule has 1 N–H and O–H groups in total. The smallest absolute Gasteiger partial charge is 0.281 e. The number of thiophene rings is 1. The van der Waals surface area contributed by atoms with Gasteiger partial charge in [0.1, 0.15) is 11.5 Å². The number of nitrogens with zero attached hydrogens (tertiary/aromatic N) is 2. The predicted molar refractivity (Wildman–Crippen MR) is 107 cm³/mol. The molecule has 0 atom stereocenters. The van der Waals surface area contributed by atoms with Crippen molar-refractivity contribution in [3.8, 4) is 11.3 Å². The highest BCUT2D eigenvalue weighted by atomic mass is 32.1.